The first-order chi connectivity index (χ1) is 11.2. The van der Waals surface area contributed by atoms with Crippen LogP contribution in [0.5, 0.6) is 0 Å². The molecule has 1 saturated heterocycles. The van der Waals surface area contributed by atoms with Crippen LogP contribution in [-0.2, 0) is 9.47 Å². The molecule has 2 rings (SSSR count). The number of nitrogens with one attached hydrogen (secondary N) is 2. The topological polar surface area (TPSA) is 54.9 Å². The van der Waals surface area contributed by atoms with Crippen molar-refractivity contribution in [1.82, 2.24) is 10.6 Å². The zero-order valence-electron chi connectivity index (χ0n) is 14.8. The average Bonchev–Trinajstić information content (AvgIpc) is 2.60. The van der Waals surface area contributed by atoms with Gasteiger partial charge in [-0.25, -0.2) is 0 Å². The number of aliphatic imine (C=N–C) groups is 1. The number of methoxy groups -OCH3 is 1. The van der Waals surface area contributed by atoms with E-state index < -0.39 is 0 Å². The van der Waals surface area contributed by atoms with Gasteiger partial charge in [-0.1, -0.05) is 30.3 Å². The number of guanidine groups is 1. The number of halogens is 1. The smallest absolute Gasteiger partial charge is 0.191 e. The zero-order valence-corrected chi connectivity index (χ0v) is 17.2. The molecular formula is C18H30IN3O2. The summed E-state index contributed by atoms with van der Waals surface area (Å²) >= 11 is 0. The fourth-order valence-corrected chi connectivity index (χ4v) is 3.01. The minimum atomic E-state index is 0. The molecule has 1 aliphatic rings. The molecular weight excluding hydrogens is 417 g/mol. The largest absolute Gasteiger partial charge is 0.383 e. The van der Waals surface area contributed by atoms with Crippen molar-refractivity contribution in [3.05, 3.63) is 35.9 Å². The number of nitrogens with zero attached hydrogens (tertiary/aromatic N) is 1. The van der Waals surface area contributed by atoms with Gasteiger partial charge in [-0.2, -0.15) is 0 Å². The maximum Gasteiger partial charge on any atom is 0.191 e. The highest BCUT2D eigenvalue weighted by Crippen LogP contribution is 2.32. The van der Waals surface area contributed by atoms with Crippen LogP contribution in [0.2, 0.25) is 0 Å². The van der Waals surface area contributed by atoms with Gasteiger partial charge in [-0.05, 0) is 25.3 Å². The first-order valence-corrected chi connectivity index (χ1v) is 8.37. The summed E-state index contributed by atoms with van der Waals surface area (Å²) in [5.74, 6) is 1.26. The van der Waals surface area contributed by atoms with Gasteiger partial charge in [-0.3, -0.25) is 4.99 Å². The number of hydrogen-bond donors (Lipinski definition) is 2. The predicted octanol–water partition coefficient (Wildman–Crippen LogP) is 2.97. The summed E-state index contributed by atoms with van der Waals surface area (Å²) in [4.78, 5) is 4.29. The molecule has 5 nitrogen and oxygen atoms in total. The third-order valence-corrected chi connectivity index (χ3v) is 4.13. The van der Waals surface area contributed by atoms with Crippen LogP contribution in [0.25, 0.3) is 0 Å². The molecule has 2 N–H and O–H groups in total. The van der Waals surface area contributed by atoms with Gasteiger partial charge in [0.25, 0.3) is 0 Å². The molecule has 0 saturated carbocycles. The molecule has 0 spiro atoms. The van der Waals surface area contributed by atoms with E-state index in [1.165, 1.54) is 5.56 Å². The van der Waals surface area contributed by atoms with Crippen LogP contribution < -0.4 is 10.6 Å². The van der Waals surface area contributed by atoms with E-state index in [1.807, 2.05) is 6.07 Å². The van der Waals surface area contributed by atoms with Crippen molar-refractivity contribution in [3.8, 4) is 0 Å². The van der Waals surface area contributed by atoms with Crippen LogP contribution in [0, 0.1) is 5.92 Å². The molecule has 1 aromatic rings. The Balaban J connectivity index is 0.00000288. The maximum absolute atomic E-state index is 6.04. The van der Waals surface area contributed by atoms with Crippen molar-refractivity contribution in [2.45, 2.75) is 31.9 Å². The van der Waals surface area contributed by atoms with Crippen molar-refractivity contribution < 1.29 is 9.47 Å². The third-order valence-electron chi connectivity index (χ3n) is 4.13. The number of rotatable bonds is 6. The lowest BCUT2D eigenvalue weighted by molar-refractivity contribution is -0.0265. The Bertz CT molecular complexity index is 484. The van der Waals surface area contributed by atoms with Gasteiger partial charge < -0.3 is 20.1 Å². The monoisotopic (exact) mass is 447 g/mol. The second kappa shape index (κ2) is 11.7. The second-order valence-electron chi connectivity index (χ2n) is 6.06. The molecule has 0 bridgehead atoms. The van der Waals surface area contributed by atoms with Gasteiger partial charge in [-0.15, -0.1) is 24.0 Å². The van der Waals surface area contributed by atoms with E-state index in [-0.39, 0.29) is 36.1 Å². The van der Waals surface area contributed by atoms with Gasteiger partial charge >= 0.3 is 0 Å². The summed E-state index contributed by atoms with van der Waals surface area (Å²) in [5.41, 5.74) is 1.26. The third kappa shape index (κ3) is 6.57. The van der Waals surface area contributed by atoms with E-state index in [9.17, 15) is 0 Å². The lowest BCUT2D eigenvalue weighted by Crippen LogP contribution is -2.46. The standard InChI is InChI=1S/C18H29N3O2.HI/c1-14(13-22-3)21-18(19-2)20-12-16-10-7-11-23-17(16)15-8-5-4-6-9-15;/h4-6,8-9,14,16-17H,7,10-13H2,1-3H3,(H2,19,20,21);1H. The fourth-order valence-electron chi connectivity index (χ4n) is 3.01. The van der Waals surface area contributed by atoms with Crippen LogP contribution in [0.15, 0.2) is 35.3 Å². The van der Waals surface area contributed by atoms with E-state index in [0.717, 1.165) is 32.0 Å². The van der Waals surface area contributed by atoms with Crippen LogP contribution in [-0.4, -0.2) is 45.9 Å². The zero-order chi connectivity index (χ0) is 16.5. The number of benzene rings is 1. The summed E-state index contributed by atoms with van der Waals surface area (Å²) in [6.45, 7) is 4.42. The fraction of sp³-hybridized carbons (Fsp3) is 0.611. The van der Waals surface area contributed by atoms with Crippen LogP contribution in [0.4, 0.5) is 0 Å². The van der Waals surface area contributed by atoms with Crippen LogP contribution in [0.3, 0.4) is 0 Å². The van der Waals surface area contributed by atoms with Crippen molar-refractivity contribution >= 4 is 29.9 Å². The highest BCUT2D eigenvalue weighted by molar-refractivity contribution is 14.0. The molecule has 1 heterocycles. The maximum atomic E-state index is 6.04. The highest BCUT2D eigenvalue weighted by atomic mass is 127. The lowest BCUT2D eigenvalue weighted by atomic mass is 9.89. The summed E-state index contributed by atoms with van der Waals surface area (Å²) in [7, 11) is 3.50. The molecule has 0 aromatic heterocycles. The molecule has 6 heteroatoms. The molecule has 136 valence electrons. The Hall–Kier alpha value is -0.860. The highest BCUT2D eigenvalue weighted by Gasteiger charge is 2.27. The molecule has 0 radical (unpaired) electrons. The minimum absolute atomic E-state index is 0. The van der Waals surface area contributed by atoms with Crippen molar-refractivity contribution in [2.24, 2.45) is 10.9 Å². The van der Waals surface area contributed by atoms with Gasteiger partial charge in [0.05, 0.1) is 12.7 Å². The predicted molar refractivity (Wildman–Crippen MR) is 109 cm³/mol. The quantitative estimate of drug-likeness (QED) is 0.400. The molecule has 0 aliphatic carbocycles. The van der Waals surface area contributed by atoms with Crippen molar-refractivity contribution in [1.29, 1.82) is 0 Å². The van der Waals surface area contributed by atoms with Crippen LogP contribution in [0.1, 0.15) is 31.4 Å². The van der Waals surface area contributed by atoms with Crippen LogP contribution >= 0.6 is 24.0 Å². The first kappa shape index (κ1) is 21.2. The van der Waals surface area contributed by atoms with E-state index in [0.29, 0.717) is 12.5 Å². The SMILES string of the molecule is CN=C(NCC1CCCOC1c1ccccc1)NC(C)COC.I. The number of ether oxygens (including phenoxy) is 2. The molecule has 3 atom stereocenters. The Kier molecular flexibility index (Phi) is 10.3. The van der Waals surface area contributed by atoms with E-state index in [1.54, 1.807) is 14.2 Å². The molecule has 24 heavy (non-hydrogen) atoms. The lowest BCUT2D eigenvalue weighted by Gasteiger charge is -2.32. The Labute approximate surface area is 162 Å². The van der Waals surface area contributed by atoms with Crippen molar-refractivity contribution in [2.75, 3.05) is 33.9 Å². The normalized spacial score (nSPS) is 22.4. The van der Waals surface area contributed by atoms with E-state index in [4.69, 9.17) is 9.47 Å². The van der Waals surface area contributed by atoms with Gasteiger partial charge in [0.2, 0.25) is 0 Å². The van der Waals surface area contributed by atoms with Crippen molar-refractivity contribution in [3.63, 3.8) is 0 Å². The summed E-state index contributed by atoms with van der Waals surface area (Å²) < 4.78 is 11.2. The summed E-state index contributed by atoms with van der Waals surface area (Å²) in [6, 6.07) is 10.7. The summed E-state index contributed by atoms with van der Waals surface area (Å²) in [5, 5.41) is 6.77. The summed E-state index contributed by atoms with van der Waals surface area (Å²) in [6.07, 6.45) is 2.44. The minimum Gasteiger partial charge on any atom is -0.383 e. The molecule has 1 aliphatic heterocycles. The number of hydrogen-bond acceptors (Lipinski definition) is 3. The Morgan fingerprint density at radius 1 is 1.38 bits per heavy atom. The van der Waals surface area contributed by atoms with E-state index >= 15 is 0 Å². The second-order valence-corrected chi connectivity index (χ2v) is 6.06. The van der Waals surface area contributed by atoms with Gasteiger partial charge in [0.15, 0.2) is 5.96 Å². The Morgan fingerprint density at radius 3 is 2.79 bits per heavy atom. The first-order valence-electron chi connectivity index (χ1n) is 8.37. The van der Waals surface area contributed by atoms with Gasteiger partial charge in [0, 0.05) is 39.3 Å². The van der Waals surface area contributed by atoms with E-state index in [2.05, 4.69) is 46.8 Å². The molecule has 1 aromatic carbocycles. The Morgan fingerprint density at radius 2 is 2.12 bits per heavy atom. The average molecular weight is 447 g/mol. The molecule has 1 fully saturated rings. The molecule has 3 unspecified atom stereocenters. The molecule has 0 amide bonds. The van der Waals surface area contributed by atoms with Gasteiger partial charge in [0.1, 0.15) is 0 Å².